The molecule has 7 heteroatoms. The molecule has 1 amide bonds. The average molecular weight is 488 g/mol. The molecule has 2 aliphatic rings. The van der Waals surface area contributed by atoms with Gasteiger partial charge in [0.1, 0.15) is 18.0 Å². The maximum Gasteiger partial charge on any atom is 0.251 e. The van der Waals surface area contributed by atoms with Crippen molar-refractivity contribution in [2.24, 2.45) is 0 Å². The van der Waals surface area contributed by atoms with Crippen LogP contribution in [0.15, 0.2) is 67.0 Å². The normalized spacial score (nSPS) is 17.1. The number of fused-ring (bicyclic) bond motifs is 9. The van der Waals surface area contributed by atoms with Gasteiger partial charge < -0.3 is 20.8 Å². The standard InChI is InChI=1S/C30H25N5O2/c1-15-10-26(31)35-16(2)24(15)13-32-30(36)18-7-9-21-23(12-18)29-22-11-17(6-8-20(22)28(21)37-29)19-4-3-5-25-27(19)34-14-33-25/h3-12,14,28-29H,13H2,1-2H3,(H2,31,35)(H,32,36)(H,33,34). The van der Waals surface area contributed by atoms with E-state index < -0.39 is 0 Å². The first-order valence-corrected chi connectivity index (χ1v) is 12.3. The number of nitrogens with one attached hydrogen (secondary N) is 2. The first-order valence-electron chi connectivity index (χ1n) is 12.3. The van der Waals surface area contributed by atoms with E-state index >= 15 is 0 Å². The molecule has 0 fully saturated rings. The second-order valence-corrected chi connectivity index (χ2v) is 9.80. The van der Waals surface area contributed by atoms with E-state index in [1.807, 2.05) is 50.2 Å². The monoisotopic (exact) mass is 487 g/mol. The number of carbonyl (C=O) groups is 1. The Morgan fingerprint density at radius 3 is 2.62 bits per heavy atom. The molecule has 3 aromatic carbocycles. The van der Waals surface area contributed by atoms with E-state index in [2.05, 4.69) is 44.5 Å². The number of nitrogen functional groups attached to an aromatic ring is 1. The summed E-state index contributed by atoms with van der Waals surface area (Å²) in [5.74, 6) is 0.364. The van der Waals surface area contributed by atoms with E-state index in [1.54, 1.807) is 6.33 Å². The second kappa shape index (κ2) is 8.01. The van der Waals surface area contributed by atoms with Gasteiger partial charge in [-0.1, -0.05) is 30.3 Å². The van der Waals surface area contributed by atoms with Crippen LogP contribution in [0.25, 0.3) is 22.2 Å². The Morgan fingerprint density at radius 2 is 1.78 bits per heavy atom. The number of nitrogens with two attached hydrogens (primary N) is 1. The van der Waals surface area contributed by atoms with Gasteiger partial charge >= 0.3 is 0 Å². The molecule has 182 valence electrons. The van der Waals surface area contributed by atoms with E-state index in [-0.39, 0.29) is 18.1 Å². The summed E-state index contributed by atoms with van der Waals surface area (Å²) in [6, 6.07) is 20.4. The molecule has 2 aliphatic heterocycles. The van der Waals surface area contributed by atoms with Gasteiger partial charge in [-0.2, -0.15) is 0 Å². The van der Waals surface area contributed by atoms with Crippen LogP contribution in [0, 0.1) is 13.8 Å². The van der Waals surface area contributed by atoms with E-state index in [0.29, 0.717) is 17.9 Å². The molecule has 0 spiro atoms. The summed E-state index contributed by atoms with van der Waals surface area (Å²) in [6.45, 7) is 4.29. The Bertz CT molecular complexity index is 1710. The van der Waals surface area contributed by atoms with Gasteiger partial charge in [-0.05, 0) is 83.1 Å². The molecule has 0 saturated heterocycles. The van der Waals surface area contributed by atoms with Crippen LogP contribution >= 0.6 is 0 Å². The topological polar surface area (TPSA) is 106 Å². The van der Waals surface area contributed by atoms with Crippen molar-refractivity contribution >= 4 is 22.8 Å². The summed E-state index contributed by atoms with van der Waals surface area (Å²) in [5.41, 5.74) is 18.0. The molecule has 37 heavy (non-hydrogen) atoms. The molecule has 2 bridgehead atoms. The summed E-state index contributed by atoms with van der Waals surface area (Å²) >= 11 is 0. The van der Waals surface area contributed by atoms with Gasteiger partial charge in [0.2, 0.25) is 0 Å². The van der Waals surface area contributed by atoms with Crippen molar-refractivity contribution in [2.75, 3.05) is 5.73 Å². The van der Waals surface area contributed by atoms with E-state index in [4.69, 9.17) is 10.5 Å². The zero-order chi connectivity index (χ0) is 25.3. The molecule has 7 rings (SSSR count). The Kier molecular flexibility index (Phi) is 4.71. The van der Waals surface area contributed by atoms with Gasteiger partial charge in [0.05, 0.1) is 17.4 Å². The number of pyridine rings is 1. The third-order valence-corrected chi connectivity index (χ3v) is 7.60. The highest BCUT2D eigenvalue weighted by Gasteiger charge is 2.43. The number of amides is 1. The third-order valence-electron chi connectivity index (χ3n) is 7.60. The number of nitrogens with zero attached hydrogens (tertiary/aromatic N) is 2. The summed E-state index contributed by atoms with van der Waals surface area (Å²) in [7, 11) is 0. The molecule has 4 heterocycles. The minimum Gasteiger partial charge on any atom is -0.384 e. The number of rotatable bonds is 4. The smallest absolute Gasteiger partial charge is 0.251 e. The lowest BCUT2D eigenvalue weighted by Crippen LogP contribution is -2.24. The summed E-state index contributed by atoms with van der Waals surface area (Å²) in [6.07, 6.45) is 1.43. The molecule has 0 saturated carbocycles. The predicted octanol–water partition coefficient (Wildman–Crippen LogP) is 5.28. The maximum atomic E-state index is 13.1. The van der Waals surface area contributed by atoms with Crippen molar-refractivity contribution in [2.45, 2.75) is 32.6 Å². The molecule has 4 N–H and O–H groups in total. The largest absolute Gasteiger partial charge is 0.384 e. The Balaban J connectivity index is 1.18. The first kappa shape index (κ1) is 21.8. The van der Waals surface area contributed by atoms with Crippen LogP contribution in [-0.4, -0.2) is 20.9 Å². The number of aryl methyl sites for hydroxylation is 2. The highest BCUT2D eigenvalue weighted by molar-refractivity contribution is 5.95. The lowest BCUT2D eigenvalue weighted by molar-refractivity contribution is 0.0857. The van der Waals surface area contributed by atoms with Gasteiger partial charge in [0.25, 0.3) is 5.91 Å². The zero-order valence-corrected chi connectivity index (χ0v) is 20.5. The Labute approximate surface area is 213 Å². The summed E-state index contributed by atoms with van der Waals surface area (Å²) < 4.78 is 6.41. The molecule has 2 atom stereocenters. The van der Waals surface area contributed by atoms with Crippen LogP contribution in [-0.2, 0) is 11.3 Å². The number of H-pyrrole nitrogens is 1. The SMILES string of the molecule is Cc1cc(N)nc(C)c1CNC(=O)c1ccc2c(c1)C1OC2c2ccc(-c3cccc4[nH]cnc34)cc21. The number of aromatic amines is 1. The van der Waals surface area contributed by atoms with Crippen LogP contribution in [0.1, 0.15) is 61.6 Å². The minimum absolute atomic E-state index is 0.103. The zero-order valence-electron chi connectivity index (χ0n) is 20.5. The fourth-order valence-corrected chi connectivity index (χ4v) is 5.78. The lowest BCUT2D eigenvalue weighted by Gasteiger charge is -2.18. The highest BCUT2D eigenvalue weighted by Crippen LogP contribution is 2.55. The molecule has 2 aromatic heterocycles. The van der Waals surface area contributed by atoms with Crippen LogP contribution in [0.2, 0.25) is 0 Å². The number of benzene rings is 3. The fraction of sp³-hybridized carbons (Fsp3) is 0.167. The van der Waals surface area contributed by atoms with E-state index in [9.17, 15) is 4.79 Å². The number of hydrogen-bond donors (Lipinski definition) is 3. The molecule has 5 aromatic rings. The maximum absolute atomic E-state index is 13.1. The van der Waals surface area contributed by atoms with Crippen LogP contribution in [0.5, 0.6) is 0 Å². The Morgan fingerprint density at radius 1 is 1.00 bits per heavy atom. The number of anilines is 1. The van der Waals surface area contributed by atoms with Gasteiger partial charge in [-0.3, -0.25) is 4.79 Å². The minimum atomic E-state index is -0.188. The predicted molar refractivity (Wildman–Crippen MR) is 142 cm³/mol. The number of para-hydroxylation sites is 1. The average Bonchev–Trinajstić information content (AvgIpc) is 3.61. The van der Waals surface area contributed by atoms with Crippen molar-refractivity contribution < 1.29 is 9.53 Å². The molecule has 0 aliphatic carbocycles. The molecule has 0 radical (unpaired) electrons. The van der Waals surface area contributed by atoms with Crippen LogP contribution in [0.4, 0.5) is 5.82 Å². The lowest BCUT2D eigenvalue weighted by atomic mass is 9.83. The molecule has 7 nitrogen and oxygen atoms in total. The fourth-order valence-electron chi connectivity index (χ4n) is 5.78. The summed E-state index contributed by atoms with van der Waals surface area (Å²) in [5, 5.41) is 3.05. The number of carbonyl (C=O) groups excluding carboxylic acids is 1. The van der Waals surface area contributed by atoms with Gasteiger partial charge in [0, 0.05) is 23.4 Å². The van der Waals surface area contributed by atoms with Crippen molar-refractivity contribution in [1.29, 1.82) is 0 Å². The van der Waals surface area contributed by atoms with Gasteiger partial charge in [-0.25, -0.2) is 9.97 Å². The van der Waals surface area contributed by atoms with E-state index in [1.165, 1.54) is 5.56 Å². The number of ether oxygens (including phenoxy) is 1. The van der Waals surface area contributed by atoms with E-state index in [0.717, 1.165) is 55.7 Å². The highest BCUT2D eigenvalue weighted by atomic mass is 16.5. The first-order chi connectivity index (χ1) is 18.0. The van der Waals surface area contributed by atoms with Crippen LogP contribution in [0.3, 0.4) is 0 Å². The Hall–Kier alpha value is -4.49. The quantitative estimate of drug-likeness (QED) is 0.320. The number of hydrogen-bond acceptors (Lipinski definition) is 5. The van der Waals surface area contributed by atoms with Crippen LogP contribution < -0.4 is 11.1 Å². The number of aromatic nitrogens is 3. The van der Waals surface area contributed by atoms with Gasteiger partial charge in [0.15, 0.2) is 0 Å². The van der Waals surface area contributed by atoms with Gasteiger partial charge in [-0.15, -0.1) is 0 Å². The number of imidazole rings is 1. The second-order valence-electron chi connectivity index (χ2n) is 9.80. The van der Waals surface area contributed by atoms with Crippen molar-refractivity contribution in [3.8, 4) is 11.1 Å². The molecular formula is C30H25N5O2. The van der Waals surface area contributed by atoms with Crippen molar-refractivity contribution in [1.82, 2.24) is 20.3 Å². The third kappa shape index (κ3) is 3.35. The van der Waals surface area contributed by atoms with Crippen molar-refractivity contribution in [3.05, 3.63) is 112 Å². The molecule has 2 unspecified atom stereocenters. The summed E-state index contributed by atoms with van der Waals surface area (Å²) in [4.78, 5) is 25.1. The molecular weight excluding hydrogens is 462 g/mol. The van der Waals surface area contributed by atoms with Crippen molar-refractivity contribution in [3.63, 3.8) is 0 Å².